The van der Waals surface area contributed by atoms with Crippen LogP contribution < -0.4 is 14.7 Å². The van der Waals surface area contributed by atoms with Gasteiger partial charge in [-0.3, -0.25) is 0 Å². The zero-order valence-electron chi connectivity index (χ0n) is 21.8. The summed E-state index contributed by atoms with van der Waals surface area (Å²) in [4.78, 5) is 19.6. The molecule has 0 atom stereocenters. The number of ether oxygens (including phenoxy) is 2. The lowest BCUT2D eigenvalue weighted by molar-refractivity contribution is -0.919. The molecule has 7 nitrogen and oxygen atoms in total. The van der Waals surface area contributed by atoms with Crippen molar-refractivity contribution < 1.29 is 43.0 Å². The Morgan fingerprint density at radius 2 is 1.51 bits per heavy atom. The first kappa shape index (κ1) is 29.7. The van der Waals surface area contributed by atoms with Crippen LogP contribution in [0.2, 0.25) is 0 Å². The Kier molecular flexibility index (Phi) is 11.4. The minimum absolute atomic E-state index is 0.278. The van der Waals surface area contributed by atoms with Gasteiger partial charge in [-0.2, -0.15) is 0 Å². The Morgan fingerprint density at radius 1 is 0.974 bits per heavy atom. The summed E-state index contributed by atoms with van der Waals surface area (Å²) in [7, 11) is 1.70. The molecule has 0 saturated carbocycles. The maximum absolute atomic E-state index is 13.4. The number of piperidine rings is 1. The molecule has 208 valence electrons. The molecule has 0 unspecified atom stereocenters. The van der Waals surface area contributed by atoms with Crippen LogP contribution in [0.5, 0.6) is 5.75 Å². The van der Waals surface area contributed by atoms with Crippen molar-refractivity contribution in [2.45, 2.75) is 31.9 Å². The number of rotatable bonds is 9. The second-order valence-corrected chi connectivity index (χ2v) is 9.46. The summed E-state index contributed by atoms with van der Waals surface area (Å²) < 4.78 is 38.4. The number of carbonyl (C=O) groups excluding carboxylic acids is 1. The molecule has 0 aliphatic carbocycles. The first-order valence-electron chi connectivity index (χ1n) is 12.8. The van der Waals surface area contributed by atoms with Gasteiger partial charge in [0.2, 0.25) is 0 Å². The van der Waals surface area contributed by atoms with Gasteiger partial charge in [0.25, 0.3) is 0 Å². The van der Waals surface area contributed by atoms with Crippen molar-refractivity contribution in [1.29, 1.82) is 0 Å². The largest absolute Gasteiger partial charge is 0.539 e. The molecule has 0 bridgehead atoms. The number of carboxylic acids is 2. The Balaban J connectivity index is 0.000000631. The number of carboxylic acid groups (broad SMARTS) is 2. The van der Waals surface area contributed by atoms with E-state index in [0.717, 1.165) is 42.9 Å². The number of hydrogen-bond donors (Lipinski definition) is 2. The summed E-state index contributed by atoms with van der Waals surface area (Å²) in [6.07, 6.45) is 3.02. The average molecular weight is 542 g/mol. The molecule has 0 amide bonds. The van der Waals surface area contributed by atoms with Crippen molar-refractivity contribution in [3.05, 3.63) is 101 Å². The van der Waals surface area contributed by atoms with Gasteiger partial charge in [0.15, 0.2) is 5.97 Å². The van der Waals surface area contributed by atoms with Crippen molar-refractivity contribution in [2.24, 2.45) is 5.92 Å². The third-order valence-electron chi connectivity index (χ3n) is 6.73. The lowest BCUT2D eigenvalue weighted by Gasteiger charge is -2.30. The molecule has 0 spiro atoms. The Hall–Kier alpha value is -3.82. The zero-order valence-corrected chi connectivity index (χ0v) is 21.8. The van der Waals surface area contributed by atoms with Gasteiger partial charge in [-0.15, -0.1) is 0 Å². The van der Waals surface area contributed by atoms with E-state index in [4.69, 9.17) is 29.3 Å². The van der Waals surface area contributed by atoms with Crippen molar-refractivity contribution in [3.8, 4) is 5.75 Å². The van der Waals surface area contributed by atoms with E-state index in [1.165, 1.54) is 42.7 Å². The Bertz CT molecular complexity index is 1140. The normalized spacial score (nSPS) is 16.7. The minimum atomic E-state index is -2.07. The van der Waals surface area contributed by atoms with E-state index in [0.29, 0.717) is 12.5 Å². The monoisotopic (exact) mass is 541 g/mol. The fourth-order valence-electron chi connectivity index (χ4n) is 4.63. The standard InChI is InChI=1S/C28H31F2NO2.C2H2O4/c1-32-27-4-2-3-22(19-27)20-31-16-13-21(14-17-31)15-18-33-28(23-5-9-25(29)10-6-23)24-7-11-26(30)12-8-24;3-1(4)2(5)6/h2-12,19,21,28H,13-18,20H2,1H3;(H,3,4)(H,5,6). The van der Waals surface area contributed by atoms with Gasteiger partial charge in [-0.25, -0.2) is 13.6 Å². The summed E-state index contributed by atoms with van der Waals surface area (Å²) in [6, 6.07) is 21.0. The van der Waals surface area contributed by atoms with Gasteiger partial charge in [0, 0.05) is 12.2 Å². The number of hydrogen-bond acceptors (Lipinski definition) is 5. The predicted octanol–water partition coefficient (Wildman–Crippen LogP) is 2.79. The van der Waals surface area contributed by atoms with E-state index in [-0.39, 0.29) is 17.7 Å². The second-order valence-electron chi connectivity index (χ2n) is 9.46. The Labute approximate surface area is 226 Å². The highest BCUT2D eigenvalue weighted by Crippen LogP contribution is 2.28. The van der Waals surface area contributed by atoms with Gasteiger partial charge in [-0.1, -0.05) is 36.4 Å². The van der Waals surface area contributed by atoms with E-state index in [1.54, 1.807) is 36.3 Å². The molecular formula is C30H33F2NO6. The van der Waals surface area contributed by atoms with Crippen LogP contribution in [0.3, 0.4) is 0 Å². The maximum atomic E-state index is 13.4. The minimum Gasteiger partial charge on any atom is -0.539 e. The summed E-state index contributed by atoms with van der Waals surface area (Å²) in [6.45, 7) is 3.95. The van der Waals surface area contributed by atoms with Crippen LogP contribution >= 0.6 is 0 Å². The number of halogens is 2. The summed E-state index contributed by atoms with van der Waals surface area (Å²) in [5, 5.41) is 16.3. The Morgan fingerprint density at radius 3 is 2.00 bits per heavy atom. The lowest BCUT2D eigenvalue weighted by Crippen LogP contribution is -3.11. The topological polar surface area (TPSA) is 100 Å². The van der Waals surface area contributed by atoms with E-state index >= 15 is 0 Å². The summed E-state index contributed by atoms with van der Waals surface area (Å²) in [5.41, 5.74) is 3.06. The van der Waals surface area contributed by atoms with Crippen LogP contribution in [-0.4, -0.2) is 43.9 Å². The van der Waals surface area contributed by atoms with E-state index in [2.05, 4.69) is 18.2 Å². The smallest absolute Gasteiger partial charge is 0.351 e. The highest BCUT2D eigenvalue weighted by atomic mass is 19.1. The molecule has 1 saturated heterocycles. The highest BCUT2D eigenvalue weighted by Gasteiger charge is 2.23. The van der Waals surface area contributed by atoms with Crippen molar-refractivity contribution in [3.63, 3.8) is 0 Å². The third kappa shape index (κ3) is 9.77. The van der Waals surface area contributed by atoms with Gasteiger partial charge >= 0.3 is 5.97 Å². The highest BCUT2D eigenvalue weighted by molar-refractivity contribution is 6.26. The van der Waals surface area contributed by atoms with Crippen molar-refractivity contribution in [1.82, 2.24) is 0 Å². The molecule has 0 aromatic heterocycles. The molecule has 3 aromatic rings. The number of methoxy groups -OCH3 is 1. The van der Waals surface area contributed by atoms with Gasteiger partial charge in [0.1, 0.15) is 30.0 Å². The maximum Gasteiger partial charge on any atom is 0.351 e. The molecule has 1 aliphatic rings. The molecule has 0 radical (unpaired) electrons. The number of aliphatic carboxylic acids is 2. The van der Waals surface area contributed by atoms with E-state index in [1.807, 2.05) is 6.07 Å². The van der Waals surface area contributed by atoms with Gasteiger partial charge in [0.05, 0.1) is 20.2 Å². The molecule has 1 aliphatic heterocycles. The second kappa shape index (κ2) is 14.9. The number of quaternary nitrogens is 1. The van der Waals surface area contributed by atoms with Crippen LogP contribution in [0.4, 0.5) is 8.78 Å². The zero-order chi connectivity index (χ0) is 28.2. The molecule has 1 fully saturated rings. The average Bonchev–Trinajstić information content (AvgIpc) is 2.94. The van der Waals surface area contributed by atoms with Gasteiger partial charge in [-0.05, 0) is 72.7 Å². The molecule has 9 heteroatoms. The number of likely N-dealkylation sites (tertiary alicyclic amines) is 1. The molecule has 3 aromatic carbocycles. The molecule has 1 heterocycles. The van der Waals surface area contributed by atoms with Crippen LogP contribution in [0.25, 0.3) is 0 Å². The van der Waals surface area contributed by atoms with E-state index < -0.39 is 11.9 Å². The molecular weight excluding hydrogens is 508 g/mol. The fraction of sp³-hybridized carbons (Fsp3) is 0.333. The number of benzene rings is 3. The summed E-state index contributed by atoms with van der Waals surface area (Å²) >= 11 is 0. The molecule has 4 rings (SSSR count). The van der Waals surface area contributed by atoms with Crippen molar-refractivity contribution in [2.75, 3.05) is 26.8 Å². The number of nitrogens with one attached hydrogen (secondary N) is 1. The fourth-order valence-corrected chi connectivity index (χ4v) is 4.63. The van der Waals surface area contributed by atoms with E-state index in [9.17, 15) is 8.78 Å². The van der Waals surface area contributed by atoms with Crippen molar-refractivity contribution >= 4 is 11.9 Å². The third-order valence-corrected chi connectivity index (χ3v) is 6.73. The van der Waals surface area contributed by atoms with Gasteiger partial charge < -0.3 is 29.4 Å². The summed E-state index contributed by atoms with van der Waals surface area (Å²) in [5.74, 6) is -3.01. The molecule has 39 heavy (non-hydrogen) atoms. The first-order valence-corrected chi connectivity index (χ1v) is 12.8. The number of carbonyl (C=O) groups is 2. The van der Waals surface area contributed by atoms with Crippen LogP contribution in [0, 0.1) is 17.6 Å². The lowest BCUT2D eigenvalue weighted by atomic mass is 9.93. The van der Waals surface area contributed by atoms with Crippen LogP contribution in [-0.2, 0) is 20.9 Å². The predicted molar refractivity (Wildman–Crippen MR) is 138 cm³/mol. The van der Waals surface area contributed by atoms with Crippen LogP contribution in [0.15, 0.2) is 72.8 Å². The SMILES string of the molecule is COc1cccc(C[NH+]2CCC(CCOC(c3ccc(F)cc3)c3ccc(F)cc3)CC2)c1.O=C([O-])C(=O)O. The first-order chi connectivity index (χ1) is 18.7. The quantitative estimate of drug-likeness (QED) is 0.404. The molecule has 2 N–H and O–H groups in total. The van der Waals surface area contributed by atoms with Crippen LogP contribution in [0.1, 0.15) is 42.1 Å².